The number of fused-ring (bicyclic) bond motifs is 1. The van der Waals surface area contributed by atoms with Crippen molar-refractivity contribution < 1.29 is 55.1 Å². The van der Waals surface area contributed by atoms with Gasteiger partial charge < -0.3 is 20.9 Å². The van der Waals surface area contributed by atoms with E-state index in [2.05, 4.69) is 15.4 Å². The number of likely N-dealkylation sites (tertiary alicyclic amines) is 1. The van der Waals surface area contributed by atoms with Crippen LogP contribution in [0.4, 0.5) is 26.3 Å². The first-order valence-corrected chi connectivity index (χ1v) is 12.6. The number of nitrogens with zero attached hydrogens (tertiary/aromatic N) is 1. The number of rotatable bonds is 9. The quantitative estimate of drug-likeness (QED) is 0.354. The lowest BCUT2D eigenvalue weighted by atomic mass is 9.92. The minimum Gasteiger partial charge on any atom is -0.356 e. The molecule has 10 nitrogen and oxygen atoms in total. The SMILES string of the molecule is O=C1NCC[C@H]1C[C@H](NC(=O)[C@@H]1[C@H]2CCC[C@H]2CN1C(=O)C1(NC(=O)C(F)(F)F)CC1)C(=O)COC(F)(F)F. The molecule has 218 valence electrons. The largest absolute Gasteiger partial charge is 0.522 e. The molecule has 2 heterocycles. The highest BCUT2D eigenvalue weighted by Crippen LogP contribution is 2.46. The Morgan fingerprint density at radius 3 is 2.33 bits per heavy atom. The second kappa shape index (κ2) is 10.6. The average molecular weight is 570 g/mol. The fourth-order valence-electron chi connectivity index (χ4n) is 5.87. The van der Waals surface area contributed by atoms with E-state index >= 15 is 0 Å². The number of carbonyl (C=O) groups excluding carboxylic acids is 5. The van der Waals surface area contributed by atoms with E-state index in [9.17, 15) is 50.3 Å². The van der Waals surface area contributed by atoms with Crippen molar-refractivity contribution in [1.82, 2.24) is 20.9 Å². The fraction of sp³-hybridized carbons (Fsp3) is 0.783. The van der Waals surface area contributed by atoms with Gasteiger partial charge in [-0.3, -0.25) is 28.7 Å². The van der Waals surface area contributed by atoms with Crippen molar-refractivity contribution >= 4 is 29.4 Å². The number of hydrogen-bond acceptors (Lipinski definition) is 6. The van der Waals surface area contributed by atoms with Crippen LogP contribution in [0.2, 0.25) is 0 Å². The van der Waals surface area contributed by atoms with Gasteiger partial charge in [-0.2, -0.15) is 13.2 Å². The third kappa shape index (κ3) is 6.47. The van der Waals surface area contributed by atoms with Crippen LogP contribution < -0.4 is 16.0 Å². The number of Topliss-reactive ketones (excluding diaryl/α,β-unsaturated/α-hetero) is 1. The molecule has 16 heteroatoms. The summed E-state index contributed by atoms with van der Waals surface area (Å²) in [5, 5.41) is 6.68. The van der Waals surface area contributed by atoms with Gasteiger partial charge in [0.15, 0.2) is 5.78 Å². The van der Waals surface area contributed by atoms with Crippen molar-refractivity contribution in [1.29, 1.82) is 0 Å². The lowest BCUT2D eigenvalue weighted by Crippen LogP contribution is -2.59. The van der Waals surface area contributed by atoms with E-state index in [0.29, 0.717) is 19.3 Å². The summed E-state index contributed by atoms with van der Waals surface area (Å²) in [6.45, 7) is -1.07. The number of ether oxygens (including phenoxy) is 1. The highest BCUT2D eigenvalue weighted by Gasteiger charge is 2.60. The Morgan fingerprint density at radius 1 is 1.08 bits per heavy atom. The maximum Gasteiger partial charge on any atom is 0.522 e. The minimum absolute atomic E-state index is 0.0477. The molecule has 0 radical (unpaired) electrons. The molecule has 5 atom stereocenters. The molecular formula is C23H28F6N4O6. The van der Waals surface area contributed by atoms with Gasteiger partial charge in [0.2, 0.25) is 17.7 Å². The number of alkyl halides is 6. The molecule has 3 N–H and O–H groups in total. The van der Waals surface area contributed by atoms with Gasteiger partial charge in [0.1, 0.15) is 18.2 Å². The van der Waals surface area contributed by atoms with E-state index in [4.69, 9.17) is 0 Å². The highest BCUT2D eigenvalue weighted by atomic mass is 19.4. The zero-order valence-electron chi connectivity index (χ0n) is 20.6. The normalized spacial score (nSPS) is 28.5. The summed E-state index contributed by atoms with van der Waals surface area (Å²) in [7, 11) is 0. The lowest BCUT2D eigenvalue weighted by molar-refractivity contribution is -0.321. The van der Waals surface area contributed by atoms with Crippen LogP contribution >= 0.6 is 0 Å². The maximum atomic E-state index is 13.5. The molecule has 4 rings (SSSR count). The number of carbonyl (C=O) groups is 5. The van der Waals surface area contributed by atoms with E-state index in [1.165, 1.54) is 0 Å². The van der Waals surface area contributed by atoms with Crippen LogP contribution in [-0.4, -0.2) is 84.2 Å². The molecule has 0 spiro atoms. The summed E-state index contributed by atoms with van der Waals surface area (Å²) >= 11 is 0. The van der Waals surface area contributed by atoms with Crippen LogP contribution in [-0.2, 0) is 28.7 Å². The number of amides is 4. The molecule has 0 bridgehead atoms. The topological polar surface area (TPSA) is 134 Å². The van der Waals surface area contributed by atoms with E-state index in [-0.39, 0.29) is 44.2 Å². The fourth-order valence-corrected chi connectivity index (χ4v) is 5.87. The van der Waals surface area contributed by atoms with Gasteiger partial charge in [0, 0.05) is 19.0 Å². The van der Waals surface area contributed by atoms with Crippen LogP contribution in [0.5, 0.6) is 0 Å². The Balaban J connectivity index is 1.52. The number of hydrogen-bond donors (Lipinski definition) is 3. The van der Waals surface area contributed by atoms with Gasteiger partial charge in [0.05, 0.1) is 6.04 Å². The van der Waals surface area contributed by atoms with Gasteiger partial charge in [-0.25, -0.2) is 0 Å². The molecule has 2 saturated heterocycles. The minimum atomic E-state index is -5.22. The van der Waals surface area contributed by atoms with Crippen molar-refractivity contribution in [3.63, 3.8) is 0 Å². The molecule has 0 aromatic carbocycles. The Kier molecular flexibility index (Phi) is 7.89. The first-order valence-electron chi connectivity index (χ1n) is 12.6. The molecule has 2 saturated carbocycles. The maximum absolute atomic E-state index is 13.5. The molecule has 4 fully saturated rings. The average Bonchev–Trinajstić information content (AvgIpc) is 3.12. The molecule has 4 amide bonds. The first-order chi connectivity index (χ1) is 18.1. The molecule has 4 aliphatic rings. The Labute approximate surface area is 218 Å². The van der Waals surface area contributed by atoms with Crippen molar-refractivity contribution in [2.75, 3.05) is 19.7 Å². The summed E-state index contributed by atoms with van der Waals surface area (Å²) in [6, 6.07) is -2.74. The van der Waals surface area contributed by atoms with E-state index < -0.39 is 72.1 Å². The molecule has 39 heavy (non-hydrogen) atoms. The molecule has 0 unspecified atom stereocenters. The summed E-state index contributed by atoms with van der Waals surface area (Å²) in [5.74, 6) is -6.84. The van der Waals surface area contributed by atoms with Crippen LogP contribution in [0, 0.1) is 17.8 Å². The van der Waals surface area contributed by atoms with Crippen LogP contribution in [0.15, 0.2) is 0 Å². The van der Waals surface area contributed by atoms with Crippen molar-refractivity contribution in [3.8, 4) is 0 Å². The first kappa shape index (κ1) is 29.1. The van der Waals surface area contributed by atoms with E-state index in [1.54, 1.807) is 5.32 Å². The monoisotopic (exact) mass is 570 g/mol. The Hall–Kier alpha value is -2.91. The predicted octanol–water partition coefficient (Wildman–Crippen LogP) is 0.941. The van der Waals surface area contributed by atoms with Crippen molar-refractivity contribution in [2.45, 2.75) is 75.1 Å². The predicted molar refractivity (Wildman–Crippen MR) is 117 cm³/mol. The second-order valence-electron chi connectivity index (χ2n) is 10.6. The van der Waals surface area contributed by atoms with Gasteiger partial charge in [-0.1, -0.05) is 6.42 Å². The number of halogens is 6. The highest BCUT2D eigenvalue weighted by molar-refractivity contribution is 5.99. The van der Waals surface area contributed by atoms with Crippen LogP contribution in [0.3, 0.4) is 0 Å². The summed E-state index contributed by atoms with van der Waals surface area (Å²) in [4.78, 5) is 64.3. The van der Waals surface area contributed by atoms with E-state index in [0.717, 1.165) is 11.3 Å². The Morgan fingerprint density at radius 2 is 1.77 bits per heavy atom. The number of ketones is 1. The Bertz CT molecular complexity index is 1030. The molecule has 0 aromatic heterocycles. The third-order valence-corrected chi connectivity index (χ3v) is 7.96. The lowest BCUT2D eigenvalue weighted by Gasteiger charge is -2.32. The zero-order valence-corrected chi connectivity index (χ0v) is 20.6. The second-order valence-corrected chi connectivity index (χ2v) is 10.6. The summed E-state index contributed by atoms with van der Waals surface area (Å²) < 4.78 is 79.8. The van der Waals surface area contributed by atoms with Crippen molar-refractivity contribution in [3.05, 3.63) is 0 Å². The number of nitrogens with one attached hydrogen (secondary N) is 3. The van der Waals surface area contributed by atoms with Crippen LogP contribution in [0.25, 0.3) is 0 Å². The van der Waals surface area contributed by atoms with Gasteiger partial charge in [-0.15, -0.1) is 13.2 Å². The van der Waals surface area contributed by atoms with Crippen LogP contribution in [0.1, 0.15) is 44.9 Å². The van der Waals surface area contributed by atoms with Gasteiger partial charge in [0.25, 0.3) is 0 Å². The molecule has 2 aliphatic carbocycles. The standard InChI is InChI=1S/C23H28F6N4O6/c24-22(25,26)19(37)32-21(5-6-21)20(38)33-9-12-2-1-3-13(12)16(33)18(36)31-14(8-11-4-7-30-17(11)35)15(34)10-39-23(27,28)29/h11-14,16H,1-10H2,(H,30,35)(H,31,36)(H,32,37)/t11-,12-,13-,14-,16-/m0/s1. The van der Waals surface area contributed by atoms with Gasteiger partial charge >= 0.3 is 18.4 Å². The van der Waals surface area contributed by atoms with Crippen molar-refractivity contribution in [2.24, 2.45) is 17.8 Å². The summed E-state index contributed by atoms with van der Waals surface area (Å²) in [5.41, 5.74) is -1.80. The molecule has 0 aromatic rings. The summed E-state index contributed by atoms with van der Waals surface area (Å²) in [6.07, 6.45) is -8.56. The van der Waals surface area contributed by atoms with E-state index in [1.807, 2.05) is 0 Å². The third-order valence-electron chi connectivity index (χ3n) is 7.96. The van der Waals surface area contributed by atoms with Gasteiger partial charge in [-0.05, 0) is 50.4 Å². The molecular weight excluding hydrogens is 542 g/mol. The smallest absolute Gasteiger partial charge is 0.356 e. The molecule has 2 aliphatic heterocycles. The zero-order chi connectivity index (χ0) is 28.8.